The van der Waals surface area contributed by atoms with Crippen LogP contribution in [0.3, 0.4) is 0 Å². The Morgan fingerprint density at radius 1 is 1.22 bits per heavy atom. The maximum Gasteiger partial charge on any atom is 0.359 e. The standard InChI is InChI=1S/C14H23O3P/c1-4-7-11-17-18(15,16)14-10-8-9-12(5-2)13(14)6-3/h8-10H,4-7,11H2,1-3H3,(H,15,16). The van der Waals surface area contributed by atoms with E-state index in [0.717, 1.165) is 36.8 Å². The summed E-state index contributed by atoms with van der Waals surface area (Å²) in [4.78, 5) is 10.1. The zero-order chi connectivity index (χ0) is 13.6. The van der Waals surface area contributed by atoms with Crippen molar-refractivity contribution in [2.24, 2.45) is 0 Å². The van der Waals surface area contributed by atoms with E-state index in [2.05, 4.69) is 6.92 Å². The van der Waals surface area contributed by atoms with E-state index in [9.17, 15) is 9.46 Å². The van der Waals surface area contributed by atoms with Gasteiger partial charge >= 0.3 is 7.60 Å². The van der Waals surface area contributed by atoms with Crippen LogP contribution in [-0.2, 0) is 21.9 Å². The van der Waals surface area contributed by atoms with Gasteiger partial charge in [0.2, 0.25) is 0 Å². The van der Waals surface area contributed by atoms with Crippen molar-refractivity contribution in [3.63, 3.8) is 0 Å². The van der Waals surface area contributed by atoms with Crippen LogP contribution in [0.2, 0.25) is 0 Å². The number of unbranched alkanes of at least 4 members (excludes halogenated alkanes) is 1. The molecule has 4 heteroatoms. The molecule has 0 aliphatic rings. The summed E-state index contributed by atoms with van der Waals surface area (Å²) in [7, 11) is -3.67. The topological polar surface area (TPSA) is 46.5 Å². The first-order valence-electron chi connectivity index (χ1n) is 6.65. The SMILES string of the molecule is CCCCOP(=O)(O)c1cccc(CC)c1CC. The van der Waals surface area contributed by atoms with Crippen LogP contribution in [-0.4, -0.2) is 11.5 Å². The van der Waals surface area contributed by atoms with E-state index in [0.29, 0.717) is 11.9 Å². The summed E-state index contributed by atoms with van der Waals surface area (Å²) in [5, 5.41) is 0.473. The summed E-state index contributed by atoms with van der Waals surface area (Å²) in [6.45, 7) is 6.42. The van der Waals surface area contributed by atoms with Crippen molar-refractivity contribution in [1.82, 2.24) is 0 Å². The molecule has 0 aliphatic heterocycles. The van der Waals surface area contributed by atoms with Crippen molar-refractivity contribution in [3.05, 3.63) is 29.3 Å². The Balaban J connectivity index is 3.03. The molecule has 102 valence electrons. The molecule has 1 N–H and O–H groups in total. The van der Waals surface area contributed by atoms with Gasteiger partial charge in [0, 0.05) is 0 Å². The van der Waals surface area contributed by atoms with Gasteiger partial charge in [0.1, 0.15) is 0 Å². The lowest BCUT2D eigenvalue weighted by Crippen LogP contribution is -2.15. The third-order valence-electron chi connectivity index (χ3n) is 3.05. The lowest BCUT2D eigenvalue weighted by Gasteiger charge is -2.17. The van der Waals surface area contributed by atoms with Gasteiger partial charge in [-0.1, -0.05) is 39.3 Å². The normalized spacial score (nSPS) is 14.4. The summed E-state index contributed by atoms with van der Waals surface area (Å²) in [5.74, 6) is 0. The van der Waals surface area contributed by atoms with Gasteiger partial charge in [-0.05, 0) is 36.5 Å². The van der Waals surface area contributed by atoms with E-state index in [-0.39, 0.29) is 0 Å². The van der Waals surface area contributed by atoms with Crippen molar-refractivity contribution < 1.29 is 14.0 Å². The average Bonchev–Trinajstić information content (AvgIpc) is 2.37. The molecule has 0 radical (unpaired) electrons. The molecule has 0 spiro atoms. The highest BCUT2D eigenvalue weighted by atomic mass is 31.2. The number of rotatable bonds is 7. The Labute approximate surface area is 110 Å². The molecule has 0 saturated carbocycles. The van der Waals surface area contributed by atoms with Crippen molar-refractivity contribution in [3.8, 4) is 0 Å². The van der Waals surface area contributed by atoms with E-state index < -0.39 is 7.60 Å². The third-order valence-corrected chi connectivity index (χ3v) is 4.61. The highest BCUT2D eigenvalue weighted by Crippen LogP contribution is 2.42. The number of benzene rings is 1. The largest absolute Gasteiger partial charge is 0.359 e. The van der Waals surface area contributed by atoms with Gasteiger partial charge in [-0.15, -0.1) is 0 Å². The molecule has 1 unspecified atom stereocenters. The van der Waals surface area contributed by atoms with E-state index in [1.165, 1.54) is 0 Å². The minimum atomic E-state index is -3.67. The van der Waals surface area contributed by atoms with Crippen molar-refractivity contribution in [2.45, 2.75) is 46.5 Å². The third kappa shape index (κ3) is 3.68. The molecule has 1 atom stereocenters. The van der Waals surface area contributed by atoms with Gasteiger partial charge in [-0.25, -0.2) is 0 Å². The summed E-state index contributed by atoms with van der Waals surface area (Å²) in [6.07, 6.45) is 3.38. The van der Waals surface area contributed by atoms with Gasteiger partial charge in [0.05, 0.1) is 11.9 Å². The molecular formula is C14H23O3P. The minimum absolute atomic E-state index is 0.337. The average molecular weight is 270 g/mol. The predicted octanol–water partition coefficient (Wildman–Crippen LogP) is 3.44. The zero-order valence-corrected chi connectivity index (χ0v) is 12.4. The maximum atomic E-state index is 12.3. The summed E-state index contributed by atoms with van der Waals surface area (Å²) >= 11 is 0. The molecule has 3 nitrogen and oxygen atoms in total. The van der Waals surface area contributed by atoms with E-state index >= 15 is 0 Å². The molecule has 0 aliphatic carbocycles. The first-order valence-corrected chi connectivity index (χ1v) is 8.23. The molecule has 0 amide bonds. The molecule has 0 bridgehead atoms. The molecule has 0 aromatic heterocycles. The lowest BCUT2D eigenvalue weighted by atomic mass is 10.0. The molecule has 18 heavy (non-hydrogen) atoms. The van der Waals surface area contributed by atoms with Crippen LogP contribution in [0.4, 0.5) is 0 Å². The van der Waals surface area contributed by atoms with Gasteiger partial charge in [-0.2, -0.15) is 0 Å². The summed E-state index contributed by atoms with van der Waals surface area (Å²) in [6, 6.07) is 5.55. The van der Waals surface area contributed by atoms with Crippen LogP contribution >= 0.6 is 7.60 Å². The Hall–Kier alpha value is -0.630. The fourth-order valence-corrected chi connectivity index (χ4v) is 3.46. The predicted molar refractivity (Wildman–Crippen MR) is 75.5 cm³/mol. The van der Waals surface area contributed by atoms with Gasteiger partial charge < -0.3 is 9.42 Å². The lowest BCUT2D eigenvalue weighted by molar-refractivity contribution is 0.264. The number of aryl methyl sites for hydroxylation is 1. The second kappa shape index (κ2) is 7.08. The van der Waals surface area contributed by atoms with Gasteiger partial charge in [-0.3, -0.25) is 4.57 Å². The molecule has 1 rings (SSSR count). The molecule has 0 saturated heterocycles. The maximum absolute atomic E-state index is 12.3. The summed E-state index contributed by atoms with van der Waals surface area (Å²) < 4.78 is 17.5. The van der Waals surface area contributed by atoms with E-state index in [4.69, 9.17) is 4.52 Å². The minimum Gasteiger partial charge on any atom is -0.321 e. The number of hydrogen-bond donors (Lipinski definition) is 1. The van der Waals surface area contributed by atoms with Crippen LogP contribution in [0.5, 0.6) is 0 Å². The van der Waals surface area contributed by atoms with E-state index in [1.54, 1.807) is 6.07 Å². The van der Waals surface area contributed by atoms with Crippen LogP contribution in [0.1, 0.15) is 44.7 Å². The molecule has 1 aromatic rings. The highest BCUT2D eigenvalue weighted by molar-refractivity contribution is 7.61. The summed E-state index contributed by atoms with van der Waals surface area (Å²) in [5.41, 5.74) is 2.09. The van der Waals surface area contributed by atoms with Crippen LogP contribution in [0.15, 0.2) is 18.2 Å². The Kier molecular flexibility index (Phi) is 6.07. The molecule has 0 fully saturated rings. The smallest absolute Gasteiger partial charge is 0.321 e. The van der Waals surface area contributed by atoms with Crippen molar-refractivity contribution >= 4 is 12.9 Å². The molecular weight excluding hydrogens is 247 g/mol. The van der Waals surface area contributed by atoms with Crippen molar-refractivity contribution in [1.29, 1.82) is 0 Å². The highest BCUT2D eigenvalue weighted by Gasteiger charge is 2.26. The van der Waals surface area contributed by atoms with E-state index in [1.807, 2.05) is 26.0 Å². The Morgan fingerprint density at radius 2 is 1.94 bits per heavy atom. The first kappa shape index (κ1) is 15.4. The first-order chi connectivity index (χ1) is 8.56. The molecule has 0 heterocycles. The Bertz CT molecular complexity index is 429. The number of hydrogen-bond acceptors (Lipinski definition) is 2. The fourth-order valence-electron chi connectivity index (χ4n) is 2.03. The van der Waals surface area contributed by atoms with Gasteiger partial charge in [0.15, 0.2) is 0 Å². The fraction of sp³-hybridized carbons (Fsp3) is 0.571. The second-order valence-corrected chi connectivity index (χ2v) is 6.11. The monoisotopic (exact) mass is 270 g/mol. The quantitative estimate of drug-likeness (QED) is 0.610. The second-order valence-electron chi connectivity index (χ2n) is 4.33. The van der Waals surface area contributed by atoms with Crippen LogP contribution < -0.4 is 5.30 Å². The van der Waals surface area contributed by atoms with Crippen molar-refractivity contribution in [2.75, 3.05) is 6.61 Å². The van der Waals surface area contributed by atoms with Crippen LogP contribution in [0.25, 0.3) is 0 Å². The zero-order valence-electron chi connectivity index (χ0n) is 11.5. The van der Waals surface area contributed by atoms with Crippen LogP contribution in [0, 0.1) is 0 Å². The molecule has 1 aromatic carbocycles. The van der Waals surface area contributed by atoms with Gasteiger partial charge in [0.25, 0.3) is 0 Å². The Morgan fingerprint density at radius 3 is 2.50 bits per heavy atom.